The molecule has 2 heterocycles. The van der Waals surface area contributed by atoms with Crippen molar-refractivity contribution in [2.75, 3.05) is 6.61 Å². The highest BCUT2D eigenvalue weighted by molar-refractivity contribution is 7.86. The Bertz CT molecular complexity index is 1160. The Kier molecular flexibility index (Phi) is 7.37. The van der Waals surface area contributed by atoms with E-state index in [0.717, 1.165) is 30.5 Å². The molecule has 166 valence electrons. The lowest BCUT2D eigenvalue weighted by molar-refractivity contribution is 0.224. The van der Waals surface area contributed by atoms with E-state index in [1.54, 1.807) is 22.7 Å². The van der Waals surface area contributed by atoms with Crippen molar-refractivity contribution in [2.45, 2.75) is 44.2 Å². The van der Waals surface area contributed by atoms with Gasteiger partial charge in [-0.3, -0.25) is 4.40 Å². The molecule has 3 aromatic rings. The van der Waals surface area contributed by atoms with Crippen molar-refractivity contribution in [1.29, 1.82) is 0 Å². The first-order valence-electron chi connectivity index (χ1n) is 9.83. The molecule has 0 radical (unpaired) electrons. The maximum Gasteiger partial charge on any atom is 0.298 e. The number of benzene rings is 1. The summed E-state index contributed by atoms with van der Waals surface area (Å²) in [7, 11) is -4.16. The summed E-state index contributed by atoms with van der Waals surface area (Å²) in [6, 6.07) is 6.05. The predicted octanol–water partition coefficient (Wildman–Crippen LogP) is 3.30. The second kappa shape index (κ2) is 9.99. The van der Waals surface area contributed by atoms with Gasteiger partial charge in [0, 0.05) is 11.8 Å². The molecule has 0 amide bonds. The molecule has 0 saturated heterocycles. The van der Waals surface area contributed by atoms with E-state index in [9.17, 15) is 12.8 Å². The van der Waals surface area contributed by atoms with Crippen molar-refractivity contribution in [2.24, 2.45) is 5.73 Å². The van der Waals surface area contributed by atoms with E-state index in [1.807, 2.05) is 13.1 Å². The van der Waals surface area contributed by atoms with Gasteiger partial charge in [0.15, 0.2) is 12.0 Å². The van der Waals surface area contributed by atoms with Gasteiger partial charge in [-0.05, 0) is 31.9 Å². The third kappa shape index (κ3) is 5.87. The molecule has 0 saturated carbocycles. The van der Waals surface area contributed by atoms with Gasteiger partial charge >= 0.3 is 0 Å². The smallest absolute Gasteiger partial charge is 0.298 e. The number of halogens is 1. The van der Waals surface area contributed by atoms with Crippen molar-refractivity contribution in [3.8, 4) is 5.75 Å². The molecule has 0 aliphatic rings. The lowest BCUT2D eigenvalue weighted by Gasteiger charge is -2.16. The summed E-state index contributed by atoms with van der Waals surface area (Å²) in [5, 5.41) is 0. The van der Waals surface area contributed by atoms with Crippen LogP contribution in [0.4, 0.5) is 4.39 Å². The first-order chi connectivity index (χ1) is 14.8. The van der Waals surface area contributed by atoms with Crippen LogP contribution in [0.15, 0.2) is 59.7 Å². The van der Waals surface area contributed by atoms with Crippen LogP contribution in [0.25, 0.3) is 5.78 Å². The zero-order valence-corrected chi connectivity index (χ0v) is 18.2. The first-order valence-corrected chi connectivity index (χ1v) is 11.2. The van der Waals surface area contributed by atoms with Crippen LogP contribution in [0.5, 0.6) is 5.75 Å². The molecule has 1 atom stereocenters. The third-order valence-electron chi connectivity index (χ3n) is 4.57. The van der Waals surface area contributed by atoms with Gasteiger partial charge in [0.25, 0.3) is 10.1 Å². The number of aromatic nitrogens is 3. The van der Waals surface area contributed by atoms with Gasteiger partial charge in [0.05, 0.1) is 29.3 Å². The number of hydrogen-bond donors (Lipinski definition) is 1. The molecule has 0 bridgehead atoms. The number of imidazole rings is 1. The Hall–Kier alpha value is -2.82. The molecular weight excluding hydrogens is 423 g/mol. The highest BCUT2D eigenvalue weighted by atomic mass is 32.2. The van der Waals surface area contributed by atoms with E-state index < -0.39 is 16.3 Å². The van der Waals surface area contributed by atoms with E-state index in [4.69, 9.17) is 14.7 Å². The highest BCUT2D eigenvalue weighted by Crippen LogP contribution is 2.18. The molecule has 2 aromatic heterocycles. The maximum absolute atomic E-state index is 13.4. The number of aryl methyl sites for hydroxylation is 2. The van der Waals surface area contributed by atoms with Crippen molar-refractivity contribution in [3.05, 3.63) is 66.0 Å². The third-order valence-corrected chi connectivity index (χ3v) is 5.88. The van der Waals surface area contributed by atoms with Gasteiger partial charge < -0.3 is 10.5 Å². The first kappa shape index (κ1) is 22.9. The van der Waals surface area contributed by atoms with Gasteiger partial charge in [-0.1, -0.05) is 31.0 Å². The number of rotatable bonds is 10. The Morgan fingerprint density at radius 2 is 2.03 bits per heavy atom. The number of hydrogen-bond acceptors (Lipinski definition) is 7. The van der Waals surface area contributed by atoms with Crippen LogP contribution in [-0.4, -0.2) is 35.6 Å². The second-order valence-corrected chi connectivity index (χ2v) is 8.66. The van der Waals surface area contributed by atoms with Gasteiger partial charge in [0.1, 0.15) is 6.61 Å². The average molecular weight is 449 g/mol. The van der Waals surface area contributed by atoms with Crippen LogP contribution in [0, 0.1) is 6.92 Å². The second-order valence-electron chi connectivity index (χ2n) is 7.09. The van der Waals surface area contributed by atoms with Crippen molar-refractivity contribution in [1.82, 2.24) is 14.4 Å². The lowest BCUT2D eigenvalue weighted by Crippen LogP contribution is -2.31. The van der Waals surface area contributed by atoms with E-state index in [2.05, 4.69) is 16.9 Å². The number of fused-ring (bicyclic) bond motifs is 1. The van der Waals surface area contributed by atoms with E-state index in [1.165, 1.54) is 18.3 Å². The molecule has 0 fully saturated rings. The molecular formula is C21H25FN4O4S. The summed E-state index contributed by atoms with van der Waals surface area (Å²) < 4.78 is 50.3. The Morgan fingerprint density at radius 3 is 2.71 bits per heavy atom. The topological polar surface area (TPSA) is 109 Å². The van der Waals surface area contributed by atoms with Crippen LogP contribution in [0.1, 0.15) is 31.0 Å². The lowest BCUT2D eigenvalue weighted by atomic mass is 10.2. The molecule has 8 nitrogen and oxygen atoms in total. The molecule has 0 aliphatic heterocycles. The van der Waals surface area contributed by atoms with Gasteiger partial charge in [-0.15, -0.1) is 0 Å². The quantitative estimate of drug-likeness (QED) is 0.374. The molecule has 31 heavy (non-hydrogen) atoms. The normalized spacial score (nSPS) is 13.5. The fourth-order valence-electron chi connectivity index (χ4n) is 2.77. The number of nitrogens with two attached hydrogens (primary N) is 1. The van der Waals surface area contributed by atoms with Gasteiger partial charge in [-0.25, -0.2) is 18.5 Å². The van der Waals surface area contributed by atoms with Crippen molar-refractivity contribution in [3.63, 3.8) is 0 Å². The number of ether oxygens (including phenoxy) is 1. The summed E-state index contributed by atoms with van der Waals surface area (Å²) in [6.07, 6.45) is 6.57. The molecule has 3 rings (SSSR count). The SMILES string of the molecule is CCCCc1cn2cc(OC/C(=C\F)C(N)OS(=O)(=O)c3ccc(C)cc3)cnc2n1. The summed E-state index contributed by atoms with van der Waals surface area (Å²) in [6.45, 7) is 3.62. The summed E-state index contributed by atoms with van der Waals surface area (Å²) >= 11 is 0. The Morgan fingerprint density at radius 1 is 1.29 bits per heavy atom. The minimum Gasteiger partial charge on any atom is -0.486 e. The number of nitrogens with zero attached hydrogens (tertiary/aromatic N) is 3. The van der Waals surface area contributed by atoms with Crippen molar-refractivity contribution < 1.29 is 21.7 Å². The van der Waals surface area contributed by atoms with E-state index >= 15 is 0 Å². The molecule has 0 spiro atoms. The predicted molar refractivity (Wildman–Crippen MR) is 114 cm³/mol. The average Bonchev–Trinajstić information content (AvgIpc) is 3.14. The molecule has 1 aromatic carbocycles. The van der Waals surface area contributed by atoms with Gasteiger partial charge in [-0.2, -0.15) is 8.42 Å². The van der Waals surface area contributed by atoms with Crippen LogP contribution < -0.4 is 10.5 Å². The zero-order valence-electron chi connectivity index (χ0n) is 17.4. The minimum atomic E-state index is -4.16. The molecule has 10 heteroatoms. The molecule has 1 unspecified atom stereocenters. The Labute approximate surface area is 180 Å². The largest absolute Gasteiger partial charge is 0.486 e. The van der Waals surface area contributed by atoms with Crippen LogP contribution in [0.2, 0.25) is 0 Å². The van der Waals surface area contributed by atoms with Crippen LogP contribution >= 0.6 is 0 Å². The van der Waals surface area contributed by atoms with Crippen LogP contribution in [0.3, 0.4) is 0 Å². The monoisotopic (exact) mass is 448 g/mol. The minimum absolute atomic E-state index is 0.0682. The summed E-state index contributed by atoms with van der Waals surface area (Å²) in [4.78, 5) is 8.58. The van der Waals surface area contributed by atoms with E-state index in [0.29, 0.717) is 11.5 Å². The fourth-order valence-corrected chi connectivity index (χ4v) is 3.75. The highest BCUT2D eigenvalue weighted by Gasteiger charge is 2.22. The van der Waals surface area contributed by atoms with Crippen molar-refractivity contribution >= 4 is 15.9 Å². The maximum atomic E-state index is 13.4. The Balaban J connectivity index is 1.64. The van der Waals surface area contributed by atoms with E-state index in [-0.39, 0.29) is 23.4 Å². The molecule has 2 N–H and O–H groups in total. The van der Waals surface area contributed by atoms with Crippen LogP contribution in [-0.2, 0) is 20.7 Å². The zero-order chi connectivity index (χ0) is 22.4. The standard InChI is InChI=1S/C21H25FN4O4S/c1-3-4-5-17-12-26-13-18(11-24-21(26)25-17)29-14-16(10-22)20(23)30-31(27,28)19-8-6-15(2)7-9-19/h6-13,20H,3-5,14,23H2,1-2H3/b16-10+. The summed E-state index contributed by atoms with van der Waals surface area (Å²) in [5.74, 6) is 0.879. The van der Waals surface area contributed by atoms with Gasteiger partial charge in [0.2, 0.25) is 5.78 Å². The number of unbranched alkanes of at least 4 members (excludes halogenated alkanes) is 1. The fraction of sp³-hybridized carbons (Fsp3) is 0.333. The molecule has 0 aliphatic carbocycles. The summed E-state index contributed by atoms with van der Waals surface area (Å²) in [5.41, 5.74) is 7.40.